The third kappa shape index (κ3) is 4.60. The summed E-state index contributed by atoms with van der Waals surface area (Å²) in [5.74, 6) is 1.04. The van der Waals surface area contributed by atoms with E-state index < -0.39 is 0 Å². The number of hydrogen-bond donors (Lipinski definition) is 0. The van der Waals surface area contributed by atoms with Gasteiger partial charge in [-0.05, 0) is 49.9 Å². The maximum absolute atomic E-state index is 6.04. The zero-order valence-electron chi connectivity index (χ0n) is 15.8. The predicted molar refractivity (Wildman–Crippen MR) is 108 cm³/mol. The smallest absolute Gasteiger partial charge is 0.131 e. The van der Waals surface area contributed by atoms with Crippen molar-refractivity contribution in [2.24, 2.45) is 0 Å². The minimum Gasteiger partial charge on any atom is -0.376 e. The third-order valence-corrected chi connectivity index (χ3v) is 5.97. The molecule has 0 unspecified atom stereocenters. The summed E-state index contributed by atoms with van der Waals surface area (Å²) in [6.07, 6.45) is 7.08. The molecule has 0 amide bonds. The fourth-order valence-electron chi connectivity index (χ4n) is 4.28. The van der Waals surface area contributed by atoms with Gasteiger partial charge in [0.1, 0.15) is 12.1 Å². The van der Waals surface area contributed by atoms with Crippen LogP contribution in [0, 0.1) is 0 Å². The molecule has 27 heavy (non-hydrogen) atoms. The Hall–Kier alpha value is -1.69. The first-order chi connectivity index (χ1) is 13.2. The van der Waals surface area contributed by atoms with Crippen LogP contribution in [0.3, 0.4) is 0 Å². The van der Waals surface area contributed by atoms with Crippen LogP contribution in [0.2, 0.25) is 5.02 Å². The van der Waals surface area contributed by atoms with Crippen molar-refractivity contribution in [3.63, 3.8) is 0 Å². The van der Waals surface area contributed by atoms with Gasteiger partial charge in [0, 0.05) is 42.9 Å². The Kier molecular flexibility index (Phi) is 5.91. The molecule has 0 spiro atoms. The Morgan fingerprint density at radius 3 is 2.63 bits per heavy atom. The highest BCUT2D eigenvalue weighted by Crippen LogP contribution is 2.26. The second-order valence-corrected chi connectivity index (χ2v) is 8.05. The van der Waals surface area contributed by atoms with Crippen LogP contribution in [0.4, 0.5) is 5.82 Å². The van der Waals surface area contributed by atoms with Crippen molar-refractivity contribution in [1.29, 1.82) is 0 Å². The van der Waals surface area contributed by atoms with Crippen molar-refractivity contribution in [2.45, 2.75) is 44.4 Å². The molecule has 1 aromatic heterocycles. The zero-order valence-corrected chi connectivity index (χ0v) is 16.6. The van der Waals surface area contributed by atoms with Crippen LogP contribution in [-0.4, -0.2) is 59.3 Å². The van der Waals surface area contributed by atoms with E-state index in [4.69, 9.17) is 16.3 Å². The number of ether oxygens (including phenoxy) is 1. The molecular weight excluding hydrogens is 360 g/mol. The standard InChI is InChI=1S/C21H27ClN4O/c1-16-13-26(20(14-27-16)12-17-2-4-18(22)5-3-17)19-7-10-25(11-8-19)21-6-9-23-15-24-21/h2-6,9,15-16,19-20H,7-8,10-14H2,1H3/t16-,20-/m0/s1. The summed E-state index contributed by atoms with van der Waals surface area (Å²) >= 11 is 6.04. The minimum absolute atomic E-state index is 0.298. The molecule has 4 rings (SSSR count). The summed E-state index contributed by atoms with van der Waals surface area (Å²) in [6, 6.07) is 11.3. The van der Waals surface area contributed by atoms with Crippen LogP contribution in [0.15, 0.2) is 42.9 Å². The van der Waals surface area contributed by atoms with Gasteiger partial charge >= 0.3 is 0 Å². The van der Waals surface area contributed by atoms with E-state index in [9.17, 15) is 0 Å². The lowest BCUT2D eigenvalue weighted by Gasteiger charge is -2.46. The molecule has 2 fully saturated rings. The highest BCUT2D eigenvalue weighted by atomic mass is 35.5. The first-order valence-electron chi connectivity index (χ1n) is 9.82. The number of halogens is 1. The molecule has 6 heteroatoms. The molecule has 2 aromatic rings. The Labute approximate surface area is 166 Å². The van der Waals surface area contributed by atoms with E-state index in [0.29, 0.717) is 18.2 Å². The van der Waals surface area contributed by atoms with Crippen molar-refractivity contribution >= 4 is 17.4 Å². The summed E-state index contributed by atoms with van der Waals surface area (Å²) in [5, 5.41) is 0.793. The molecule has 0 bridgehead atoms. The molecule has 0 radical (unpaired) electrons. The number of nitrogens with zero attached hydrogens (tertiary/aromatic N) is 4. The van der Waals surface area contributed by atoms with Gasteiger partial charge in [0.2, 0.25) is 0 Å². The normalized spacial score (nSPS) is 24.9. The topological polar surface area (TPSA) is 41.5 Å². The Morgan fingerprint density at radius 1 is 1.15 bits per heavy atom. The number of rotatable bonds is 4. The van der Waals surface area contributed by atoms with Gasteiger partial charge in [0.15, 0.2) is 0 Å². The second-order valence-electron chi connectivity index (χ2n) is 7.61. The molecule has 144 valence electrons. The van der Waals surface area contributed by atoms with Gasteiger partial charge in [-0.15, -0.1) is 0 Å². The van der Waals surface area contributed by atoms with Crippen LogP contribution in [0.1, 0.15) is 25.3 Å². The molecule has 0 saturated carbocycles. The van der Waals surface area contributed by atoms with Crippen LogP contribution in [0.25, 0.3) is 0 Å². The monoisotopic (exact) mass is 386 g/mol. The molecule has 3 heterocycles. The number of morpholine rings is 1. The number of aromatic nitrogens is 2. The third-order valence-electron chi connectivity index (χ3n) is 5.72. The fraction of sp³-hybridized carbons (Fsp3) is 0.524. The van der Waals surface area contributed by atoms with Gasteiger partial charge in [0.25, 0.3) is 0 Å². The van der Waals surface area contributed by atoms with Crippen LogP contribution in [-0.2, 0) is 11.2 Å². The molecule has 0 aliphatic carbocycles. The van der Waals surface area contributed by atoms with Gasteiger partial charge in [0.05, 0.1) is 12.7 Å². The quantitative estimate of drug-likeness (QED) is 0.805. The molecule has 5 nitrogen and oxygen atoms in total. The Balaban J connectivity index is 1.41. The lowest BCUT2D eigenvalue weighted by Crippen LogP contribution is -2.56. The lowest BCUT2D eigenvalue weighted by molar-refractivity contribution is -0.0745. The second kappa shape index (κ2) is 8.55. The molecule has 2 aliphatic rings. The Morgan fingerprint density at radius 2 is 1.93 bits per heavy atom. The van der Waals surface area contributed by atoms with Crippen molar-refractivity contribution in [2.75, 3.05) is 31.1 Å². The summed E-state index contributed by atoms with van der Waals surface area (Å²) in [6.45, 7) is 6.08. The molecule has 0 N–H and O–H groups in total. The minimum atomic E-state index is 0.298. The van der Waals surface area contributed by atoms with E-state index >= 15 is 0 Å². The molecular formula is C21H27ClN4O. The van der Waals surface area contributed by atoms with E-state index in [1.807, 2.05) is 24.4 Å². The van der Waals surface area contributed by atoms with Crippen LogP contribution < -0.4 is 4.90 Å². The summed E-state index contributed by atoms with van der Waals surface area (Å²) in [7, 11) is 0. The molecule has 2 saturated heterocycles. The summed E-state index contributed by atoms with van der Waals surface area (Å²) in [4.78, 5) is 13.5. The molecule has 2 aliphatic heterocycles. The Bertz CT molecular complexity index is 719. The maximum atomic E-state index is 6.04. The molecule has 1 aromatic carbocycles. The number of hydrogen-bond acceptors (Lipinski definition) is 5. The van der Waals surface area contributed by atoms with E-state index in [1.54, 1.807) is 6.33 Å². The maximum Gasteiger partial charge on any atom is 0.131 e. The fourth-order valence-corrected chi connectivity index (χ4v) is 4.41. The summed E-state index contributed by atoms with van der Waals surface area (Å²) < 4.78 is 6.00. The van der Waals surface area contributed by atoms with E-state index in [1.165, 1.54) is 5.56 Å². The van der Waals surface area contributed by atoms with Crippen molar-refractivity contribution in [3.8, 4) is 0 Å². The van der Waals surface area contributed by atoms with Crippen molar-refractivity contribution in [1.82, 2.24) is 14.9 Å². The lowest BCUT2D eigenvalue weighted by atomic mass is 9.96. The largest absolute Gasteiger partial charge is 0.376 e. The van der Waals surface area contributed by atoms with E-state index in [2.05, 4.69) is 38.8 Å². The first-order valence-corrected chi connectivity index (χ1v) is 10.2. The van der Waals surface area contributed by atoms with Crippen LogP contribution in [0.5, 0.6) is 0 Å². The van der Waals surface area contributed by atoms with Gasteiger partial charge in [-0.1, -0.05) is 23.7 Å². The van der Waals surface area contributed by atoms with Gasteiger partial charge < -0.3 is 9.64 Å². The predicted octanol–water partition coefficient (Wildman–Crippen LogP) is 3.43. The molecule has 2 atom stereocenters. The zero-order chi connectivity index (χ0) is 18.6. The highest BCUT2D eigenvalue weighted by Gasteiger charge is 2.34. The average molecular weight is 387 g/mol. The van der Waals surface area contributed by atoms with E-state index in [0.717, 1.165) is 56.3 Å². The number of benzene rings is 1. The first kappa shape index (κ1) is 18.7. The SMILES string of the molecule is C[C@H]1CN(C2CCN(c3ccncn3)CC2)[C@@H](Cc2ccc(Cl)cc2)CO1. The van der Waals surface area contributed by atoms with Crippen molar-refractivity contribution in [3.05, 3.63) is 53.4 Å². The van der Waals surface area contributed by atoms with Gasteiger partial charge in [-0.25, -0.2) is 9.97 Å². The highest BCUT2D eigenvalue weighted by molar-refractivity contribution is 6.30. The number of piperidine rings is 1. The van der Waals surface area contributed by atoms with Crippen LogP contribution >= 0.6 is 11.6 Å². The summed E-state index contributed by atoms with van der Waals surface area (Å²) in [5.41, 5.74) is 1.32. The van der Waals surface area contributed by atoms with Gasteiger partial charge in [-0.2, -0.15) is 0 Å². The number of anilines is 1. The van der Waals surface area contributed by atoms with Crippen molar-refractivity contribution < 1.29 is 4.74 Å². The van der Waals surface area contributed by atoms with E-state index in [-0.39, 0.29) is 0 Å². The van der Waals surface area contributed by atoms with Gasteiger partial charge in [-0.3, -0.25) is 4.90 Å². The average Bonchev–Trinajstić information content (AvgIpc) is 2.72.